The smallest absolute Gasteiger partial charge is 0.194 e. The molecule has 0 N–H and O–H groups in total. The molecule has 3 rings (SSSR count). The standard InChI is InChI=1S/C16H16O3S2/c1-2-16(12-20-16)21(17,18)15-10-8-14(9-11-15)19-13-6-4-3-5-7-13/h3-11H,2,12H2,1H3. The first-order chi connectivity index (χ1) is 10.1. The van der Waals surface area contributed by atoms with E-state index in [2.05, 4.69) is 0 Å². The van der Waals surface area contributed by atoms with Gasteiger partial charge in [0.25, 0.3) is 0 Å². The molecule has 0 bridgehead atoms. The van der Waals surface area contributed by atoms with Crippen molar-refractivity contribution in [3.8, 4) is 11.5 Å². The number of hydrogen-bond acceptors (Lipinski definition) is 4. The van der Waals surface area contributed by atoms with Gasteiger partial charge in [-0.05, 0) is 42.8 Å². The zero-order valence-corrected chi connectivity index (χ0v) is 13.3. The third-order valence-corrected chi connectivity index (χ3v) is 8.36. The van der Waals surface area contributed by atoms with Gasteiger partial charge < -0.3 is 4.74 Å². The van der Waals surface area contributed by atoms with Crippen LogP contribution in [0.2, 0.25) is 0 Å². The molecule has 0 aromatic heterocycles. The third kappa shape index (κ3) is 2.68. The third-order valence-electron chi connectivity index (χ3n) is 3.61. The highest BCUT2D eigenvalue weighted by Crippen LogP contribution is 2.54. The highest BCUT2D eigenvalue weighted by atomic mass is 32.3. The van der Waals surface area contributed by atoms with Crippen LogP contribution in [0.1, 0.15) is 13.3 Å². The molecule has 3 nitrogen and oxygen atoms in total. The van der Waals surface area contributed by atoms with Crippen LogP contribution in [0.4, 0.5) is 0 Å². The molecule has 110 valence electrons. The summed E-state index contributed by atoms with van der Waals surface area (Å²) in [5.74, 6) is 2.05. The summed E-state index contributed by atoms with van der Waals surface area (Å²) < 4.78 is 30.2. The zero-order valence-electron chi connectivity index (χ0n) is 11.7. The average molecular weight is 320 g/mol. The van der Waals surface area contributed by atoms with Gasteiger partial charge in [0.2, 0.25) is 0 Å². The molecule has 2 aromatic rings. The van der Waals surface area contributed by atoms with Gasteiger partial charge in [-0.3, -0.25) is 0 Å². The maximum atomic E-state index is 12.6. The van der Waals surface area contributed by atoms with E-state index in [9.17, 15) is 8.42 Å². The fourth-order valence-electron chi connectivity index (χ4n) is 2.16. The molecule has 1 atom stereocenters. The van der Waals surface area contributed by atoms with Crippen molar-refractivity contribution in [2.24, 2.45) is 0 Å². The van der Waals surface area contributed by atoms with Crippen molar-refractivity contribution < 1.29 is 13.2 Å². The highest BCUT2D eigenvalue weighted by molar-refractivity contribution is 8.21. The zero-order chi connectivity index (χ0) is 14.9. The molecule has 0 radical (unpaired) electrons. The van der Waals surface area contributed by atoms with Gasteiger partial charge in [-0.2, -0.15) is 0 Å². The summed E-state index contributed by atoms with van der Waals surface area (Å²) in [5, 5.41) is 0. The fourth-order valence-corrected chi connectivity index (χ4v) is 5.74. The molecule has 0 saturated carbocycles. The van der Waals surface area contributed by atoms with Crippen molar-refractivity contribution >= 4 is 21.6 Å². The molecule has 1 aliphatic heterocycles. The molecule has 0 amide bonds. The van der Waals surface area contributed by atoms with Crippen LogP contribution >= 0.6 is 11.8 Å². The summed E-state index contributed by atoms with van der Waals surface area (Å²) in [5.41, 5.74) is 0. The maximum absolute atomic E-state index is 12.6. The monoisotopic (exact) mass is 320 g/mol. The molecule has 0 aliphatic carbocycles. The Morgan fingerprint density at radius 3 is 2.14 bits per heavy atom. The molecule has 1 aliphatic rings. The summed E-state index contributed by atoms with van der Waals surface area (Å²) in [6.45, 7) is 1.92. The quantitative estimate of drug-likeness (QED) is 0.778. The van der Waals surface area contributed by atoms with Gasteiger partial charge in [-0.25, -0.2) is 8.42 Å². The molecular weight excluding hydrogens is 304 g/mol. The molecule has 1 fully saturated rings. The second-order valence-corrected chi connectivity index (χ2v) is 8.82. The summed E-state index contributed by atoms with van der Waals surface area (Å²) >= 11 is 1.51. The Balaban J connectivity index is 1.82. The molecule has 5 heteroatoms. The van der Waals surface area contributed by atoms with Crippen molar-refractivity contribution in [3.63, 3.8) is 0 Å². The van der Waals surface area contributed by atoms with Crippen molar-refractivity contribution in [2.45, 2.75) is 22.3 Å². The Kier molecular flexibility index (Phi) is 3.71. The van der Waals surface area contributed by atoms with Crippen LogP contribution in [0, 0.1) is 0 Å². The Morgan fingerprint density at radius 1 is 1.05 bits per heavy atom. The maximum Gasteiger partial charge on any atom is 0.194 e. The van der Waals surface area contributed by atoms with Gasteiger partial charge in [0, 0.05) is 5.75 Å². The Labute approximate surface area is 129 Å². The first kappa shape index (κ1) is 14.5. The first-order valence-electron chi connectivity index (χ1n) is 6.79. The minimum Gasteiger partial charge on any atom is -0.457 e. The lowest BCUT2D eigenvalue weighted by Crippen LogP contribution is -2.22. The van der Waals surface area contributed by atoms with Crippen LogP contribution in [0.15, 0.2) is 59.5 Å². The summed E-state index contributed by atoms with van der Waals surface area (Å²) in [6.07, 6.45) is 0.641. The number of sulfone groups is 1. The lowest BCUT2D eigenvalue weighted by atomic mass is 10.3. The number of thioether (sulfide) groups is 1. The van der Waals surface area contributed by atoms with E-state index in [-0.39, 0.29) is 0 Å². The molecule has 21 heavy (non-hydrogen) atoms. The highest BCUT2D eigenvalue weighted by Gasteiger charge is 2.54. The summed E-state index contributed by atoms with van der Waals surface area (Å²) in [4.78, 5) is 0.370. The fraction of sp³-hybridized carbons (Fsp3) is 0.250. The van der Waals surface area contributed by atoms with Crippen molar-refractivity contribution in [2.75, 3.05) is 5.75 Å². The van der Waals surface area contributed by atoms with E-state index in [1.165, 1.54) is 11.8 Å². The van der Waals surface area contributed by atoms with Gasteiger partial charge >= 0.3 is 0 Å². The first-order valence-corrected chi connectivity index (χ1v) is 9.26. The van der Waals surface area contributed by atoms with Crippen LogP contribution in [-0.2, 0) is 9.84 Å². The van der Waals surface area contributed by atoms with Gasteiger partial charge in [-0.1, -0.05) is 25.1 Å². The van der Waals surface area contributed by atoms with E-state index in [0.29, 0.717) is 22.8 Å². The Bertz CT molecular complexity index is 718. The number of benzene rings is 2. The van der Waals surface area contributed by atoms with Gasteiger partial charge in [0.05, 0.1) is 4.90 Å². The van der Waals surface area contributed by atoms with Crippen LogP contribution in [0.25, 0.3) is 0 Å². The van der Waals surface area contributed by atoms with Crippen LogP contribution in [0.3, 0.4) is 0 Å². The molecular formula is C16H16O3S2. The number of hydrogen-bond donors (Lipinski definition) is 0. The van der Waals surface area contributed by atoms with Crippen LogP contribution in [0.5, 0.6) is 11.5 Å². The second-order valence-electron chi connectivity index (χ2n) is 4.94. The van der Waals surface area contributed by atoms with E-state index < -0.39 is 13.9 Å². The van der Waals surface area contributed by atoms with Gasteiger partial charge in [-0.15, -0.1) is 11.8 Å². The predicted octanol–water partition coefficient (Wildman–Crippen LogP) is 4.11. The normalized spacial score (nSPS) is 21.0. The number of para-hydroxylation sites is 1. The Hall–Kier alpha value is -1.46. The molecule has 1 heterocycles. The predicted molar refractivity (Wildman–Crippen MR) is 85.6 cm³/mol. The second kappa shape index (κ2) is 5.39. The van der Waals surface area contributed by atoms with Crippen molar-refractivity contribution in [1.82, 2.24) is 0 Å². The number of rotatable bonds is 5. The SMILES string of the molecule is CCC1(S(=O)(=O)c2ccc(Oc3ccccc3)cc2)CS1. The van der Waals surface area contributed by atoms with E-state index in [4.69, 9.17) is 4.74 Å². The van der Waals surface area contributed by atoms with E-state index in [1.54, 1.807) is 24.3 Å². The van der Waals surface area contributed by atoms with E-state index >= 15 is 0 Å². The molecule has 1 unspecified atom stereocenters. The summed E-state index contributed by atoms with van der Waals surface area (Å²) in [7, 11) is -3.26. The minimum absolute atomic E-state index is 0.370. The van der Waals surface area contributed by atoms with Crippen LogP contribution < -0.4 is 4.74 Å². The van der Waals surface area contributed by atoms with Gasteiger partial charge in [0.1, 0.15) is 15.6 Å². The average Bonchev–Trinajstić information content (AvgIpc) is 3.30. The largest absolute Gasteiger partial charge is 0.457 e. The van der Waals surface area contributed by atoms with E-state index in [1.807, 2.05) is 37.3 Å². The lowest BCUT2D eigenvalue weighted by molar-refractivity contribution is 0.482. The number of ether oxygens (including phenoxy) is 1. The van der Waals surface area contributed by atoms with Gasteiger partial charge in [0.15, 0.2) is 9.84 Å². The minimum atomic E-state index is -3.26. The summed E-state index contributed by atoms with van der Waals surface area (Å²) in [6, 6.07) is 16.1. The van der Waals surface area contributed by atoms with Crippen molar-refractivity contribution in [1.29, 1.82) is 0 Å². The van der Waals surface area contributed by atoms with E-state index in [0.717, 1.165) is 5.75 Å². The van der Waals surface area contributed by atoms with Crippen molar-refractivity contribution in [3.05, 3.63) is 54.6 Å². The lowest BCUT2D eigenvalue weighted by Gasteiger charge is -2.13. The molecule has 1 saturated heterocycles. The van der Waals surface area contributed by atoms with Crippen LogP contribution in [-0.4, -0.2) is 18.2 Å². The molecule has 0 spiro atoms. The Morgan fingerprint density at radius 2 is 1.62 bits per heavy atom. The topological polar surface area (TPSA) is 43.4 Å². The molecule has 2 aromatic carbocycles.